The number of hydrogen-bond donors (Lipinski definition) is 1. The summed E-state index contributed by atoms with van der Waals surface area (Å²) in [6.07, 6.45) is 0. The Morgan fingerprint density at radius 1 is 0.667 bits per heavy atom. The first-order valence-electron chi connectivity index (χ1n) is 6.71. The van der Waals surface area contributed by atoms with Crippen molar-refractivity contribution in [3.05, 3.63) is 0 Å². The van der Waals surface area contributed by atoms with Crippen molar-refractivity contribution in [3.8, 4) is 0 Å². The lowest BCUT2D eigenvalue weighted by molar-refractivity contribution is -0.0894. The summed E-state index contributed by atoms with van der Waals surface area (Å²) in [5, 5.41) is 9.97. The molecule has 0 aliphatic rings. The van der Waals surface area contributed by atoms with Gasteiger partial charge in [0.1, 0.15) is 0 Å². The highest BCUT2D eigenvalue weighted by molar-refractivity contribution is 6.93. The second kappa shape index (κ2) is 5.56. The molecule has 0 aromatic carbocycles. The zero-order chi connectivity index (χ0) is 14.8. The highest BCUT2D eigenvalue weighted by Crippen LogP contribution is 2.32. The molecule has 5 heteroatoms. The summed E-state index contributed by atoms with van der Waals surface area (Å²) < 4.78 is 11.6. The van der Waals surface area contributed by atoms with Gasteiger partial charge >= 0.3 is 0 Å². The van der Waals surface area contributed by atoms with Gasteiger partial charge < -0.3 is 14.4 Å². The summed E-state index contributed by atoms with van der Waals surface area (Å²) in [5.74, 6) is 0. The van der Waals surface area contributed by atoms with Crippen LogP contribution >= 0.6 is 0 Å². The standard InChI is InChI=1S/C13H30B2O3/c1-10(2,3)12(6,7)17-14-15-18-13(8,9)11(4,5)16/h14-16H,1-9H3. The molecule has 0 amide bonds. The second-order valence-corrected chi connectivity index (χ2v) is 7.53. The monoisotopic (exact) mass is 256 g/mol. The fraction of sp³-hybridized carbons (Fsp3) is 1.00. The maximum absolute atomic E-state index is 9.97. The minimum absolute atomic E-state index is 0.0821. The zero-order valence-electron chi connectivity index (χ0n) is 13.7. The highest BCUT2D eigenvalue weighted by Gasteiger charge is 2.37. The van der Waals surface area contributed by atoms with E-state index in [-0.39, 0.29) is 11.0 Å². The van der Waals surface area contributed by atoms with Gasteiger partial charge in [0.25, 0.3) is 14.7 Å². The van der Waals surface area contributed by atoms with Gasteiger partial charge in [-0.15, -0.1) is 0 Å². The van der Waals surface area contributed by atoms with Gasteiger partial charge in [0, 0.05) is 5.60 Å². The third-order valence-corrected chi connectivity index (χ3v) is 4.29. The van der Waals surface area contributed by atoms with Crippen LogP contribution in [-0.4, -0.2) is 36.7 Å². The Hall–Kier alpha value is 0.00987. The van der Waals surface area contributed by atoms with Crippen LogP contribution < -0.4 is 0 Å². The number of rotatable bonds is 6. The molecular formula is C13H30B2O3. The average molecular weight is 256 g/mol. The lowest BCUT2D eigenvalue weighted by Gasteiger charge is -2.40. The molecule has 0 heterocycles. The Morgan fingerprint density at radius 3 is 1.28 bits per heavy atom. The quantitative estimate of drug-likeness (QED) is 0.583. The first kappa shape index (κ1) is 18.0. The molecule has 3 nitrogen and oxygen atoms in total. The molecule has 0 aromatic rings. The maximum atomic E-state index is 9.97. The smallest absolute Gasteiger partial charge is 0.272 e. The van der Waals surface area contributed by atoms with E-state index in [2.05, 4.69) is 34.6 Å². The molecular weight excluding hydrogens is 226 g/mol. The first-order chi connectivity index (χ1) is 7.71. The van der Waals surface area contributed by atoms with Crippen molar-refractivity contribution in [2.45, 2.75) is 79.1 Å². The van der Waals surface area contributed by atoms with Crippen molar-refractivity contribution in [1.29, 1.82) is 0 Å². The van der Waals surface area contributed by atoms with E-state index in [0.29, 0.717) is 14.7 Å². The summed E-state index contributed by atoms with van der Waals surface area (Å²) in [6.45, 7) is 18.0. The predicted octanol–water partition coefficient (Wildman–Crippen LogP) is 2.01. The minimum atomic E-state index is -0.869. The molecule has 0 aliphatic heterocycles. The molecule has 0 radical (unpaired) electrons. The summed E-state index contributed by atoms with van der Waals surface area (Å²) in [5.41, 5.74) is -1.57. The first-order valence-corrected chi connectivity index (χ1v) is 6.71. The lowest BCUT2D eigenvalue weighted by Crippen LogP contribution is -2.49. The Balaban J connectivity index is 4.17. The molecule has 0 aliphatic carbocycles. The van der Waals surface area contributed by atoms with Gasteiger partial charge in [0.05, 0.1) is 11.2 Å². The van der Waals surface area contributed by atoms with Crippen LogP contribution in [0.3, 0.4) is 0 Å². The minimum Gasteiger partial charge on any atom is -0.440 e. The molecule has 0 saturated carbocycles. The van der Waals surface area contributed by atoms with E-state index in [9.17, 15) is 5.11 Å². The topological polar surface area (TPSA) is 38.7 Å². The van der Waals surface area contributed by atoms with Gasteiger partial charge in [-0.2, -0.15) is 0 Å². The molecule has 0 fully saturated rings. The molecule has 0 bridgehead atoms. The molecule has 18 heavy (non-hydrogen) atoms. The van der Waals surface area contributed by atoms with E-state index in [1.165, 1.54) is 0 Å². The third kappa shape index (κ3) is 4.94. The van der Waals surface area contributed by atoms with Crippen LogP contribution in [0.5, 0.6) is 0 Å². The largest absolute Gasteiger partial charge is 0.440 e. The van der Waals surface area contributed by atoms with Gasteiger partial charge in [0.2, 0.25) is 0 Å². The average Bonchev–Trinajstić information content (AvgIpc) is 2.08. The highest BCUT2D eigenvalue weighted by atomic mass is 16.5. The van der Waals surface area contributed by atoms with Crippen LogP contribution in [0.4, 0.5) is 0 Å². The maximum Gasteiger partial charge on any atom is 0.272 e. The van der Waals surface area contributed by atoms with Crippen LogP contribution in [0, 0.1) is 5.41 Å². The Labute approximate surface area is 114 Å². The van der Waals surface area contributed by atoms with Crippen LogP contribution in [0.15, 0.2) is 0 Å². The summed E-state index contributed by atoms with van der Waals surface area (Å²) in [6, 6.07) is 0. The Kier molecular flexibility index (Phi) is 5.56. The van der Waals surface area contributed by atoms with E-state index >= 15 is 0 Å². The molecule has 0 rings (SSSR count). The molecule has 0 spiro atoms. The molecule has 106 valence electrons. The molecule has 0 unspecified atom stereocenters. The van der Waals surface area contributed by atoms with E-state index < -0.39 is 11.2 Å². The lowest BCUT2D eigenvalue weighted by atomic mass is 9.62. The van der Waals surface area contributed by atoms with Gasteiger partial charge in [-0.05, 0) is 47.0 Å². The van der Waals surface area contributed by atoms with Crippen molar-refractivity contribution >= 4 is 14.7 Å². The van der Waals surface area contributed by atoms with Crippen molar-refractivity contribution in [2.75, 3.05) is 0 Å². The van der Waals surface area contributed by atoms with E-state index in [0.717, 1.165) is 0 Å². The van der Waals surface area contributed by atoms with E-state index in [4.69, 9.17) is 9.31 Å². The van der Waals surface area contributed by atoms with Gasteiger partial charge in [0.15, 0.2) is 0 Å². The Morgan fingerprint density at radius 2 is 1.00 bits per heavy atom. The van der Waals surface area contributed by atoms with Gasteiger partial charge in [-0.25, -0.2) is 0 Å². The van der Waals surface area contributed by atoms with Crippen LogP contribution in [-0.2, 0) is 9.31 Å². The summed E-state index contributed by atoms with van der Waals surface area (Å²) in [7, 11) is 1.01. The SMILES string of the molecule is CC(C)(C)C(C)(C)OBBOC(C)(C)C(C)(C)O. The fourth-order valence-corrected chi connectivity index (χ4v) is 0.987. The predicted molar refractivity (Wildman–Crippen MR) is 80.4 cm³/mol. The van der Waals surface area contributed by atoms with Gasteiger partial charge in [-0.1, -0.05) is 20.8 Å². The molecule has 1 N–H and O–H groups in total. The van der Waals surface area contributed by atoms with Crippen molar-refractivity contribution < 1.29 is 14.4 Å². The third-order valence-electron chi connectivity index (χ3n) is 4.29. The van der Waals surface area contributed by atoms with Crippen molar-refractivity contribution in [3.63, 3.8) is 0 Å². The zero-order valence-corrected chi connectivity index (χ0v) is 13.7. The normalized spacial score (nSPS) is 14.6. The van der Waals surface area contributed by atoms with Crippen LogP contribution in [0.1, 0.15) is 62.3 Å². The summed E-state index contributed by atoms with van der Waals surface area (Å²) in [4.78, 5) is 0. The fourth-order valence-electron chi connectivity index (χ4n) is 0.987. The molecule has 0 atom stereocenters. The van der Waals surface area contributed by atoms with E-state index in [1.54, 1.807) is 13.8 Å². The van der Waals surface area contributed by atoms with Crippen LogP contribution in [0.25, 0.3) is 0 Å². The van der Waals surface area contributed by atoms with Crippen molar-refractivity contribution in [1.82, 2.24) is 0 Å². The number of hydrogen-bond acceptors (Lipinski definition) is 3. The van der Waals surface area contributed by atoms with Crippen LogP contribution in [0.2, 0.25) is 0 Å². The van der Waals surface area contributed by atoms with Gasteiger partial charge in [-0.3, -0.25) is 0 Å². The Bertz CT molecular complexity index is 234. The molecule has 0 aromatic heterocycles. The van der Waals surface area contributed by atoms with E-state index in [1.807, 2.05) is 13.8 Å². The summed E-state index contributed by atoms with van der Waals surface area (Å²) >= 11 is 0. The molecule has 0 saturated heterocycles. The number of aliphatic hydroxyl groups is 1. The second-order valence-electron chi connectivity index (χ2n) is 7.53. The van der Waals surface area contributed by atoms with Crippen molar-refractivity contribution in [2.24, 2.45) is 5.41 Å².